The summed E-state index contributed by atoms with van der Waals surface area (Å²) in [6, 6.07) is 4.26. The van der Waals surface area contributed by atoms with E-state index in [4.69, 9.17) is 29.6 Å². The monoisotopic (exact) mass is 306 g/mol. The lowest BCUT2D eigenvalue weighted by Gasteiger charge is -2.20. The largest absolute Gasteiger partial charge is 0.389 e. The number of rotatable bonds is 3. The molecule has 0 fully saturated rings. The SMILES string of the molecule is CC(C)(C)NS(=O)(=O)c1ccc(C(N)=S)c(Cl)c1. The highest BCUT2D eigenvalue weighted by atomic mass is 35.5. The van der Waals surface area contributed by atoms with Gasteiger partial charge in [0, 0.05) is 11.1 Å². The van der Waals surface area contributed by atoms with E-state index in [1.54, 1.807) is 20.8 Å². The van der Waals surface area contributed by atoms with Crippen LogP contribution in [-0.2, 0) is 10.0 Å². The van der Waals surface area contributed by atoms with Crippen LogP contribution in [0.4, 0.5) is 0 Å². The van der Waals surface area contributed by atoms with Gasteiger partial charge in [0.15, 0.2) is 0 Å². The van der Waals surface area contributed by atoms with Crippen molar-refractivity contribution < 1.29 is 8.42 Å². The molecule has 18 heavy (non-hydrogen) atoms. The van der Waals surface area contributed by atoms with Crippen LogP contribution in [0.2, 0.25) is 5.02 Å². The summed E-state index contributed by atoms with van der Waals surface area (Å²) in [7, 11) is -3.60. The van der Waals surface area contributed by atoms with Gasteiger partial charge in [-0.3, -0.25) is 0 Å². The maximum atomic E-state index is 12.0. The van der Waals surface area contributed by atoms with Gasteiger partial charge in [-0.05, 0) is 39.0 Å². The van der Waals surface area contributed by atoms with Crippen LogP contribution in [0.3, 0.4) is 0 Å². The molecule has 1 rings (SSSR count). The fraction of sp³-hybridized carbons (Fsp3) is 0.364. The van der Waals surface area contributed by atoms with Crippen molar-refractivity contribution in [3.63, 3.8) is 0 Å². The third-order valence-electron chi connectivity index (χ3n) is 1.96. The van der Waals surface area contributed by atoms with Crippen molar-refractivity contribution in [2.24, 2.45) is 5.73 Å². The van der Waals surface area contributed by atoms with Crippen LogP contribution in [0.15, 0.2) is 23.1 Å². The molecule has 0 saturated heterocycles. The highest BCUT2D eigenvalue weighted by Gasteiger charge is 2.22. The number of nitrogens with one attached hydrogen (secondary N) is 1. The minimum Gasteiger partial charge on any atom is -0.389 e. The molecule has 0 atom stereocenters. The zero-order valence-electron chi connectivity index (χ0n) is 10.3. The van der Waals surface area contributed by atoms with Crippen molar-refractivity contribution in [3.05, 3.63) is 28.8 Å². The lowest BCUT2D eigenvalue weighted by molar-refractivity contribution is 0.491. The van der Waals surface area contributed by atoms with Crippen molar-refractivity contribution in [1.82, 2.24) is 4.72 Å². The van der Waals surface area contributed by atoms with Gasteiger partial charge < -0.3 is 5.73 Å². The van der Waals surface area contributed by atoms with Crippen LogP contribution in [0, 0.1) is 0 Å². The summed E-state index contributed by atoms with van der Waals surface area (Å²) >= 11 is 10.7. The van der Waals surface area contributed by atoms with Crippen molar-refractivity contribution >= 4 is 38.8 Å². The summed E-state index contributed by atoms with van der Waals surface area (Å²) < 4.78 is 26.6. The molecule has 0 aliphatic carbocycles. The lowest BCUT2D eigenvalue weighted by atomic mass is 10.1. The van der Waals surface area contributed by atoms with E-state index in [0.29, 0.717) is 5.56 Å². The summed E-state index contributed by atoms with van der Waals surface area (Å²) in [5, 5.41) is 0.222. The molecular weight excluding hydrogens is 292 g/mol. The van der Waals surface area contributed by atoms with E-state index < -0.39 is 15.6 Å². The Bertz CT molecular complexity index is 577. The molecular formula is C11H15ClN2O2S2. The Hall–Kier alpha value is -0.690. The van der Waals surface area contributed by atoms with Gasteiger partial charge in [0.1, 0.15) is 4.99 Å². The summed E-state index contributed by atoms with van der Waals surface area (Å²) in [5.41, 5.74) is 5.35. The van der Waals surface area contributed by atoms with Gasteiger partial charge in [-0.2, -0.15) is 0 Å². The molecule has 0 aromatic heterocycles. The van der Waals surface area contributed by atoms with Gasteiger partial charge in [-0.15, -0.1) is 0 Å². The second-order valence-electron chi connectivity index (χ2n) is 4.86. The second kappa shape index (κ2) is 5.13. The van der Waals surface area contributed by atoms with E-state index in [1.807, 2.05) is 0 Å². The number of hydrogen-bond donors (Lipinski definition) is 2. The fourth-order valence-corrected chi connectivity index (χ4v) is 3.35. The first-order valence-corrected chi connectivity index (χ1v) is 7.43. The van der Waals surface area contributed by atoms with Gasteiger partial charge in [-0.25, -0.2) is 13.1 Å². The molecule has 0 bridgehead atoms. The summed E-state index contributed by atoms with van der Waals surface area (Å²) in [5.74, 6) is 0. The Kier molecular flexibility index (Phi) is 4.38. The number of thiocarbonyl (C=S) groups is 1. The Morgan fingerprint density at radius 2 is 1.94 bits per heavy atom. The van der Waals surface area contributed by atoms with Gasteiger partial charge in [0.05, 0.1) is 9.92 Å². The van der Waals surface area contributed by atoms with Gasteiger partial charge in [0.2, 0.25) is 10.0 Å². The van der Waals surface area contributed by atoms with Crippen molar-refractivity contribution in [1.29, 1.82) is 0 Å². The third-order valence-corrected chi connectivity index (χ3v) is 4.25. The van der Waals surface area contributed by atoms with E-state index in [-0.39, 0.29) is 14.9 Å². The number of nitrogens with two attached hydrogens (primary N) is 1. The maximum Gasteiger partial charge on any atom is 0.241 e. The zero-order valence-corrected chi connectivity index (χ0v) is 12.7. The molecule has 7 heteroatoms. The Balaban J connectivity index is 3.20. The maximum absolute atomic E-state index is 12.0. The first kappa shape index (κ1) is 15.4. The molecule has 1 aromatic rings. The quantitative estimate of drug-likeness (QED) is 0.838. The minimum atomic E-state index is -3.60. The molecule has 4 nitrogen and oxygen atoms in total. The van der Waals surface area contributed by atoms with Crippen molar-refractivity contribution in [3.8, 4) is 0 Å². The predicted octanol–water partition coefficient (Wildman–Crippen LogP) is 2.05. The third kappa shape index (κ3) is 3.91. The highest BCUT2D eigenvalue weighted by Crippen LogP contribution is 2.21. The number of halogens is 1. The Morgan fingerprint density at radius 3 is 2.33 bits per heavy atom. The minimum absolute atomic E-state index is 0.0856. The molecule has 0 amide bonds. The van der Waals surface area contributed by atoms with Crippen LogP contribution in [0.1, 0.15) is 26.3 Å². The average Bonchev–Trinajstić information content (AvgIpc) is 2.12. The van der Waals surface area contributed by atoms with E-state index in [1.165, 1.54) is 18.2 Å². The number of sulfonamides is 1. The first-order chi connectivity index (χ1) is 8.03. The van der Waals surface area contributed by atoms with E-state index in [9.17, 15) is 8.42 Å². The van der Waals surface area contributed by atoms with E-state index in [2.05, 4.69) is 4.72 Å². The molecule has 3 N–H and O–H groups in total. The van der Waals surface area contributed by atoms with Crippen LogP contribution >= 0.6 is 23.8 Å². The molecule has 0 spiro atoms. The molecule has 100 valence electrons. The van der Waals surface area contributed by atoms with Gasteiger partial charge >= 0.3 is 0 Å². The lowest BCUT2D eigenvalue weighted by Crippen LogP contribution is -2.40. The highest BCUT2D eigenvalue weighted by molar-refractivity contribution is 7.89. The molecule has 0 unspecified atom stereocenters. The topological polar surface area (TPSA) is 72.2 Å². The van der Waals surface area contributed by atoms with Crippen LogP contribution in [0.5, 0.6) is 0 Å². The summed E-state index contributed by atoms with van der Waals surface area (Å²) in [4.78, 5) is 0.218. The van der Waals surface area contributed by atoms with Crippen LogP contribution in [-0.4, -0.2) is 18.9 Å². The van der Waals surface area contributed by atoms with Crippen LogP contribution < -0.4 is 10.5 Å². The number of benzene rings is 1. The van der Waals surface area contributed by atoms with Crippen LogP contribution in [0.25, 0.3) is 0 Å². The molecule has 0 heterocycles. The van der Waals surface area contributed by atoms with E-state index >= 15 is 0 Å². The summed E-state index contributed by atoms with van der Waals surface area (Å²) in [6.45, 7) is 5.28. The molecule has 0 aliphatic heterocycles. The normalized spacial score (nSPS) is 12.4. The number of hydrogen-bond acceptors (Lipinski definition) is 3. The Labute approximate surface area is 118 Å². The fourth-order valence-electron chi connectivity index (χ4n) is 1.32. The standard InChI is InChI=1S/C11H15ClN2O2S2/c1-11(2,3)14-18(15,16)7-4-5-8(10(13)17)9(12)6-7/h4-6,14H,1-3H3,(H2,13,17). The van der Waals surface area contributed by atoms with Gasteiger partial charge in [0.25, 0.3) is 0 Å². The van der Waals surface area contributed by atoms with Crippen molar-refractivity contribution in [2.75, 3.05) is 0 Å². The van der Waals surface area contributed by atoms with Crippen molar-refractivity contribution in [2.45, 2.75) is 31.2 Å². The molecule has 0 aliphatic rings. The second-order valence-corrected chi connectivity index (χ2v) is 7.39. The molecule has 0 radical (unpaired) electrons. The molecule has 1 aromatic carbocycles. The van der Waals surface area contributed by atoms with Gasteiger partial charge in [-0.1, -0.05) is 23.8 Å². The zero-order chi connectivity index (χ0) is 14.1. The predicted molar refractivity (Wildman–Crippen MR) is 77.4 cm³/mol. The average molecular weight is 307 g/mol. The Morgan fingerprint density at radius 1 is 1.39 bits per heavy atom. The summed E-state index contributed by atoms with van der Waals surface area (Å²) in [6.07, 6.45) is 0. The van der Waals surface area contributed by atoms with E-state index in [0.717, 1.165) is 0 Å². The first-order valence-electron chi connectivity index (χ1n) is 5.16. The molecule has 0 saturated carbocycles. The smallest absolute Gasteiger partial charge is 0.241 e.